The summed E-state index contributed by atoms with van der Waals surface area (Å²) >= 11 is 5.92. The average Bonchev–Trinajstić information content (AvgIpc) is 2.83. The highest BCUT2D eigenvalue weighted by molar-refractivity contribution is 7.89. The normalized spacial score (nSPS) is 19.2. The minimum absolute atomic E-state index is 0.162. The summed E-state index contributed by atoms with van der Waals surface area (Å²) in [6, 6.07) is 12.1. The molecule has 0 aliphatic carbocycles. The van der Waals surface area contributed by atoms with E-state index in [1.165, 1.54) is 10.4 Å². The molecule has 2 aliphatic rings. The van der Waals surface area contributed by atoms with Crippen molar-refractivity contribution in [3.05, 3.63) is 53.1 Å². The number of halogens is 1. The minimum Gasteiger partial charge on any atom is -0.486 e. The summed E-state index contributed by atoms with van der Waals surface area (Å²) in [5, 5.41) is 11.1. The Morgan fingerprint density at radius 1 is 1.03 bits per heavy atom. The summed E-state index contributed by atoms with van der Waals surface area (Å²) in [7, 11) is -3.63. The zero-order valence-corrected chi connectivity index (χ0v) is 20.1. The lowest BCUT2D eigenvalue weighted by Crippen LogP contribution is -2.50. The fourth-order valence-electron chi connectivity index (χ4n) is 3.92. The fourth-order valence-corrected chi connectivity index (χ4v) is 5.49. The molecule has 0 bridgehead atoms. The van der Waals surface area contributed by atoms with Crippen LogP contribution in [0.5, 0.6) is 11.5 Å². The zero-order valence-electron chi connectivity index (χ0n) is 18.5. The molecule has 0 unspecified atom stereocenters. The lowest BCUT2D eigenvalue weighted by atomic mass is 10.1. The predicted octanol–water partition coefficient (Wildman–Crippen LogP) is 2.56. The maximum absolute atomic E-state index is 13.1. The van der Waals surface area contributed by atoms with E-state index in [1.54, 1.807) is 12.1 Å². The first-order chi connectivity index (χ1) is 15.8. The molecular weight excluding hydrogens is 468 g/mol. The SMILES string of the molecule is C[C@@H](OC[C@H](O)CN1CCN(S(=O)(=O)c2ccc3c(c2)OCCO3)CC1)c1ccc(Cl)cc1. The van der Waals surface area contributed by atoms with Crippen LogP contribution in [-0.4, -0.2) is 81.4 Å². The molecular formula is C23H29ClN2O6S. The number of piperazine rings is 1. The summed E-state index contributed by atoms with van der Waals surface area (Å²) in [6.45, 7) is 5.18. The number of hydrogen-bond acceptors (Lipinski definition) is 7. The summed E-state index contributed by atoms with van der Waals surface area (Å²) in [5.74, 6) is 1.02. The smallest absolute Gasteiger partial charge is 0.243 e. The molecule has 0 amide bonds. The largest absolute Gasteiger partial charge is 0.486 e. The van der Waals surface area contributed by atoms with Gasteiger partial charge in [0.1, 0.15) is 13.2 Å². The van der Waals surface area contributed by atoms with E-state index in [0.29, 0.717) is 62.5 Å². The molecule has 2 atom stereocenters. The van der Waals surface area contributed by atoms with Gasteiger partial charge in [0.15, 0.2) is 11.5 Å². The van der Waals surface area contributed by atoms with Crippen LogP contribution in [0.25, 0.3) is 0 Å². The maximum Gasteiger partial charge on any atom is 0.243 e. The lowest BCUT2D eigenvalue weighted by Gasteiger charge is -2.35. The monoisotopic (exact) mass is 496 g/mol. The van der Waals surface area contributed by atoms with Crippen molar-refractivity contribution in [2.24, 2.45) is 0 Å². The Kier molecular flexibility index (Phi) is 7.78. The summed E-state index contributed by atoms with van der Waals surface area (Å²) < 4.78 is 44.4. The number of benzene rings is 2. The standard InChI is InChI=1S/C23H29ClN2O6S/c1-17(18-2-4-19(24)5-3-18)32-16-20(27)15-25-8-10-26(11-9-25)33(28,29)21-6-7-22-23(14-21)31-13-12-30-22/h2-7,14,17,20,27H,8-13,15-16H2,1H3/t17-,20-/m1/s1. The molecule has 1 saturated heterocycles. The number of nitrogens with zero attached hydrogens (tertiary/aromatic N) is 2. The number of rotatable bonds is 8. The second kappa shape index (κ2) is 10.6. The molecule has 0 aromatic heterocycles. The van der Waals surface area contributed by atoms with Crippen molar-refractivity contribution in [2.75, 3.05) is 52.5 Å². The van der Waals surface area contributed by atoms with Gasteiger partial charge in [0, 0.05) is 43.8 Å². The van der Waals surface area contributed by atoms with E-state index in [1.807, 2.05) is 31.2 Å². The van der Waals surface area contributed by atoms with Crippen molar-refractivity contribution in [3.8, 4) is 11.5 Å². The summed E-state index contributed by atoms with van der Waals surface area (Å²) in [4.78, 5) is 2.25. The molecule has 0 saturated carbocycles. The minimum atomic E-state index is -3.63. The molecule has 33 heavy (non-hydrogen) atoms. The first-order valence-electron chi connectivity index (χ1n) is 11.0. The van der Waals surface area contributed by atoms with Gasteiger partial charge in [-0.15, -0.1) is 0 Å². The maximum atomic E-state index is 13.1. The van der Waals surface area contributed by atoms with Crippen LogP contribution in [-0.2, 0) is 14.8 Å². The Labute approximate surface area is 199 Å². The van der Waals surface area contributed by atoms with Crippen LogP contribution in [0, 0.1) is 0 Å². The average molecular weight is 497 g/mol. The van der Waals surface area contributed by atoms with Crippen molar-refractivity contribution in [1.29, 1.82) is 0 Å². The van der Waals surface area contributed by atoms with Crippen LogP contribution in [0.4, 0.5) is 0 Å². The Hall–Kier alpha value is -1.88. The van der Waals surface area contributed by atoms with Crippen LogP contribution in [0.15, 0.2) is 47.4 Å². The second-order valence-corrected chi connectivity index (χ2v) is 10.6. The molecule has 1 N–H and O–H groups in total. The topological polar surface area (TPSA) is 88.5 Å². The van der Waals surface area contributed by atoms with Crippen LogP contribution in [0.1, 0.15) is 18.6 Å². The number of aliphatic hydroxyl groups excluding tert-OH is 1. The molecule has 8 nitrogen and oxygen atoms in total. The molecule has 4 rings (SSSR count). The summed E-state index contributed by atoms with van der Waals surface area (Å²) in [6.07, 6.45) is -0.828. The van der Waals surface area contributed by atoms with E-state index in [-0.39, 0.29) is 17.6 Å². The van der Waals surface area contributed by atoms with Crippen molar-refractivity contribution in [3.63, 3.8) is 0 Å². The highest BCUT2D eigenvalue weighted by atomic mass is 35.5. The zero-order chi connectivity index (χ0) is 23.4. The number of hydrogen-bond donors (Lipinski definition) is 1. The highest BCUT2D eigenvalue weighted by Gasteiger charge is 2.30. The van der Waals surface area contributed by atoms with Crippen LogP contribution in [0.3, 0.4) is 0 Å². The Bertz CT molecular complexity index is 1040. The molecule has 2 aromatic carbocycles. The van der Waals surface area contributed by atoms with Gasteiger partial charge < -0.3 is 19.3 Å². The first kappa shape index (κ1) is 24.3. The van der Waals surface area contributed by atoms with Gasteiger partial charge >= 0.3 is 0 Å². The lowest BCUT2D eigenvalue weighted by molar-refractivity contribution is -0.0186. The van der Waals surface area contributed by atoms with E-state index in [2.05, 4.69) is 4.90 Å². The Balaban J connectivity index is 1.25. The van der Waals surface area contributed by atoms with Gasteiger partial charge in [-0.2, -0.15) is 4.31 Å². The third-order valence-electron chi connectivity index (χ3n) is 5.83. The molecule has 0 spiro atoms. The van der Waals surface area contributed by atoms with E-state index in [0.717, 1.165) is 5.56 Å². The van der Waals surface area contributed by atoms with Crippen LogP contribution < -0.4 is 9.47 Å². The van der Waals surface area contributed by atoms with Crippen molar-refractivity contribution < 1.29 is 27.7 Å². The third kappa shape index (κ3) is 5.98. The van der Waals surface area contributed by atoms with Crippen molar-refractivity contribution in [1.82, 2.24) is 9.21 Å². The van der Waals surface area contributed by atoms with Gasteiger partial charge in [0.25, 0.3) is 0 Å². The first-order valence-corrected chi connectivity index (χ1v) is 12.8. The Morgan fingerprint density at radius 2 is 1.70 bits per heavy atom. The third-order valence-corrected chi connectivity index (χ3v) is 7.98. The highest BCUT2D eigenvalue weighted by Crippen LogP contribution is 2.33. The number of aliphatic hydroxyl groups is 1. The number of β-amino-alcohol motifs (C(OH)–C–C–N with tert-alkyl or cyclic N) is 1. The molecule has 10 heteroatoms. The van der Waals surface area contributed by atoms with Crippen molar-refractivity contribution >= 4 is 21.6 Å². The Morgan fingerprint density at radius 3 is 2.39 bits per heavy atom. The van der Waals surface area contributed by atoms with Gasteiger partial charge in [0.2, 0.25) is 10.0 Å². The van der Waals surface area contributed by atoms with Gasteiger partial charge in [0.05, 0.1) is 23.7 Å². The number of fused-ring (bicyclic) bond motifs is 1. The van der Waals surface area contributed by atoms with E-state index < -0.39 is 16.1 Å². The predicted molar refractivity (Wildman–Crippen MR) is 124 cm³/mol. The van der Waals surface area contributed by atoms with Gasteiger partial charge in [-0.1, -0.05) is 23.7 Å². The van der Waals surface area contributed by atoms with Crippen LogP contribution >= 0.6 is 11.6 Å². The fraction of sp³-hybridized carbons (Fsp3) is 0.478. The summed E-state index contributed by atoms with van der Waals surface area (Å²) in [5.41, 5.74) is 0.990. The molecule has 2 heterocycles. The van der Waals surface area contributed by atoms with Gasteiger partial charge in [-0.25, -0.2) is 8.42 Å². The van der Waals surface area contributed by atoms with Crippen molar-refractivity contribution in [2.45, 2.75) is 24.0 Å². The number of sulfonamides is 1. The molecule has 2 aliphatic heterocycles. The quantitative estimate of drug-likeness (QED) is 0.600. The molecule has 180 valence electrons. The molecule has 0 radical (unpaired) electrons. The van der Waals surface area contributed by atoms with E-state index >= 15 is 0 Å². The number of ether oxygens (including phenoxy) is 3. The molecule has 1 fully saturated rings. The van der Waals surface area contributed by atoms with Gasteiger partial charge in [-0.3, -0.25) is 4.90 Å². The van der Waals surface area contributed by atoms with E-state index in [4.69, 9.17) is 25.8 Å². The van der Waals surface area contributed by atoms with Gasteiger partial charge in [-0.05, 0) is 36.8 Å². The van der Waals surface area contributed by atoms with Crippen LogP contribution in [0.2, 0.25) is 5.02 Å². The molecule has 2 aromatic rings. The van der Waals surface area contributed by atoms with E-state index in [9.17, 15) is 13.5 Å². The second-order valence-electron chi connectivity index (χ2n) is 8.19.